The van der Waals surface area contributed by atoms with Crippen LogP contribution in [-0.4, -0.2) is 22.7 Å². The Morgan fingerprint density at radius 1 is 1.69 bits per heavy atom. The SMILES string of the molecule is C=C(C(=O)OCC)C(O)c1cccc(Br)n1. The highest BCUT2D eigenvalue weighted by Crippen LogP contribution is 2.20. The van der Waals surface area contributed by atoms with Gasteiger partial charge in [0.1, 0.15) is 10.7 Å². The Morgan fingerprint density at radius 3 is 2.94 bits per heavy atom. The lowest BCUT2D eigenvalue weighted by Crippen LogP contribution is -2.14. The van der Waals surface area contributed by atoms with E-state index in [-0.39, 0.29) is 12.2 Å². The Balaban J connectivity index is 2.82. The van der Waals surface area contributed by atoms with Gasteiger partial charge in [-0.2, -0.15) is 0 Å². The molecule has 0 amide bonds. The van der Waals surface area contributed by atoms with Crippen LogP contribution in [0.15, 0.2) is 35.0 Å². The molecule has 0 aliphatic rings. The second-order valence-corrected chi connectivity index (χ2v) is 3.85. The van der Waals surface area contributed by atoms with Crippen molar-refractivity contribution in [3.63, 3.8) is 0 Å². The highest BCUT2D eigenvalue weighted by Gasteiger charge is 2.20. The first kappa shape index (κ1) is 12.9. The second-order valence-electron chi connectivity index (χ2n) is 3.03. The van der Waals surface area contributed by atoms with E-state index in [0.29, 0.717) is 10.3 Å². The van der Waals surface area contributed by atoms with Gasteiger partial charge in [0.15, 0.2) is 0 Å². The van der Waals surface area contributed by atoms with Gasteiger partial charge in [-0.3, -0.25) is 0 Å². The molecule has 1 N–H and O–H groups in total. The molecular weight excluding hydrogens is 274 g/mol. The molecule has 1 atom stereocenters. The summed E-state index contributed by atoms with van der Waals surface area (Å²) in [5, 5.41) is 9.83. The molecule has 0 aromatic carbocycles. The number of hydrogen-bond acceptors (Lipinski definition) is 4. The zero-order chi connectivity index (χ0) is 12.1. The van der Waals surface area contributed by atoms with Crippen molar-refractivity contribution in [1.82, 2.24) is 4.98 Å². The number of aliphatic hydroxyl groups excluding tert-OH is 1. The van der Waals surface area contributed by atoms with Crippen LogP contribution in [0.1, 0.15) is 18.7 Å². The number of aromatic nitrogens is 1. The third kappa shape index (κ3) is 3.15. The van der Waals surface area contributed by atoms with Crippen LogP contribution in [0.5, 0.6) is 0 Å². The Morgan fingerprint density at radius 2 is 2.38 bits per heavy atom. The molecule has 0 radical (unpaired) electrons. The molecule has 0 spiro atoms. The van der Waals surface area contributed by atoms with E-state index < -0.39 is 12.1 Å². The minimum Gasteiger partial charge on any atom is -0.463 e. The van der Waals surface area contributed by atoms with Crippen molar-refractivity contribution in [2.75, 3.05) is 6.61 Å². The number of pyridine rings is 1. The van der Waals surface area contributed by atoms with Gasteiger partial charge < -0.3 is 9.84 Å². The monoisotopic (exact) mass is 285 g/mol. The molecule has 5 heteroatoms. The van der Waals surface area contributed by atoms with Gasteiger partial charge in [0.05, 0.1) is 17.9 Å². The Kier molecular flexibility index (Phi) is 4.64. The minimum atomic E-state index is -1.14. The number of carbonyl (C=O) groups excluding carboxylic acids is 1. The molecule has 0 saturated carbocycles. The second kappa shape index (κ2) is 5.77. The van der Waals surface area contributed by atoms with Gasteiger partial charge in [-0.15, -0.1) is 0 Å². The lowest BCUT2D eigenvalue weighted by Gasteiger charge is -2.12. The van der Waals surface area contributed by atoms with E-state index in [1.165, 1.54) is 0 Å². The van der Waals surface area contributed by atoms with E-state index in [2.05, 4.69) is 27.5 Å². The molecule has 0 fully saturated rings. The van der Waals surface area contributed by atoms with Gasteiger partial charge in [0.25, 0.3) is 0 Å². The maximum absolute atomic E-state index is 11.3. The van der Waals surface area contributed by atoms with Crippen molar-refractivity contribution in [1.29, 1.82) is 0 Å². The molecule has 0 saturated heterocycles. The van der Waals surface area contributed by atoms with Crippen LogP contribution in [0.2, 0.25) is 0 Å². The van der Waals surface area contributed by atoms with Crippen LogP contribution in [0.3, 0.4) is 0 Å². The molecule has 16 heavy (non-hydrogen) atoms. The predicted octanol–water partition coefficient (Wildman–Crippen LogP) is 2.00. The van der Waals surface area contributed by atoms with E-state index in [1.54, 1.807) is 25.1 Å². The molecule has 0 bridgehead atoms. The highest BCUT2D eigenvalue weighted by atomic mass is 79.9. The Hall–Kier alpha value is -1.20. The molecule has 1 aromatic heterocycles. The summed E-state index contributed by atoms with van der Waals surface area (Å²) in [6.45, 7) is 5.44. The lowest BCUT2D eigenvalue weighted by atomic mass is 10.1. The van der Waals surface area contributed by atoms with Gasteiger partial charge in [-0.1, -0.05) is 12.6 Å². The van der Waals surface area contributed by atoms with E-state index >= 15 is 0 Å². The molecular formula is C11H12BrNO3. The molecule has 1 heterocycles. The van der Waals surface area contributed by atoms with Gasteiger partial charge in [0.2, 0.25) is 0 Å². The van der Waals surface area contributed by atoms with Crippen molar-refractivity contribution < 1.29 is 14.6 Å². The lowest BCUT2D eigenvalue weighted by molar-refractivity contribution is -0.139. The van der Waals surface area contributed by atoms with E-state index in [9.17, 15) is 9.90 Å². The summed E-state index contributed by atoms with van der Waals surface area (Å²) in [5.74, 6) is -0.614. The fourth-order valence-corrected chi connectivity index (χ4v) is 1.45. The summed E-state index contributed by atoms with van der Waals surface area (Å²) in [6, 6.07) is 5.05. The quantitative estimate of drug-likeness (QED) is 0.522. The number of carbonyl (C=O) groups is 1. The average Bonchev–Trinajstić information content (AvgIpc) is 2.27. The smallest absolute Gasteiger partial charge is 0.336 e. The fourth-order valence-electron chi connectivity index (χ4n) is 1.09. The zero-order valence-electron chi connectivity index (χ0n) is 8.81. The molecule has 0 aliphatic carbocycles. The van der Waals surface area contributed by atoms with Gasteiger partial charge in [-0.25, -0.2) is 9.78 Å². The normalized spacial score (nSPS) is 11.9. The summed E-state index contributed by atoms with van der Waals surface area (Å²) >= 11 is 3.18. The van der Waals surface area contributed by atoms with Crippen LogP contribution >= 0.6 is 15.9 Å². The Bertz CT molecular complexity index is 406. The first-order valence-corrected chi connectivity index (χ1v) is 5.52. The van der Waals surface area contributed by atoms with E-state index in [1.807, 2.05) is 0 Å². The summed E-state index contributed by atoms with van der Waals surface area (Å²) in [6.07, 6.45) is -1.14. The average molecular weight is 286 g/mol. The number of esters is 1. The number of ether oxygens (including phenoxy) is 1. The number of rotatable bonds is 4. The van der Waals surface area contributed by atoms with Gasteiger partial charge in [0, 0.05) is 0 Å². The summed E-state index contributed by atoms with van der Waals surface area (Å²) in [4.78, 5) is 15.4. The summed E-state index contributed by atoms with van der Waals surface area (Å²) in [5.41, 5.74) is 0.333. The molecule has 1 unspecified atom stereocenters. The van der Waals surface area contributed by atoms with Crippen LogP contribution in [0, 0.1) is 0 Å². The third-order valence-corrected chi connectivity index (χ3v) is 2.33. The van der Waals surface area contributed by atoms with E-state index in [4.69, 9.17) is 4.74 Å². The van der Waals surface area contributed by atoms with Crippen LogP contribution in [0.25, 0.3) is 0 Å². The molecule has 0 aliphatic heterocycles. The van der Waals surface area contributed by atoms with Crippen LogP contribution in [-0.2, 0) is 9.53 Å². The molecule has 1 rings (SSSR count). The number of aliphatic hydroxyl groups is 1. The topological polar surface area (TPSA) is 59.4 Å². The standard InChI is InChI=1S/C11H12BrNO3/c1-3-16-11(15)7(2)10(14)8-5-4-6-9(12)13-8/h4-6,10,14H,2-3H2,1H3. The third-order valence-electron chi connectivity index (χ3n) is 1.88. The zero-order valence-corrected chi connectivity index (χ0v) is 10.4. The number of hydrogen-bond donors (Lipinski definition) is 1. The van der Waals surface area contributed by atoms with Gasteiger partial charge >= 0.3 is 5.97 Å². The van der Waals surface area contributed by atoms with Crippen molar-refractivity contribution in [2.45, 2.75) is 13.0 Å². The first-order valence-electron chi connectivity index (χ1n) is 4.72. The number of halogens is 1. The van der Waals surface area contributed by atoms with Crippen molar-refractivity contribution in [3.05, 3.63) is 40.6 Å². The van der Waals surface area contributed by atoms with Gasteiger partial charge in [-0.05, 0) is 35.0 Å². The molecule has 1 aromatic rings. The first-order chi connectivity index (χ1) is 7.56. The maximum atomic E-state index is 11.3. The fraction of sp³-hybridized carbons (Fsp3) is 0.273. The maximum Gasteiger partial charge on any atom is 0.336 e. The highest BCUT2D eigenvalue weighted by molar-refractivity contribution is 9.10. The van der Waals surface area contributed by atoms with Crippen LogP contribution in [0.4, 0.5) is 0 Å². The molecule has 4 nitrogen and oxygen atoms in total. The van der Waals surface area contributed by atoms with Crippen molar-refractivity contribution >= 4 is 21.9 Å². The Labute approximate surface area is 102 Å². The van der Waals surface area contributed by atoms with Crippen LogP contribution < -0.4 is 0 Å². The predicted molar refractivity (Wildman–Crippen MR) is 62.7 cm³/mol. The largest absolute Gasteiger partial charge is 0.463 e. The van der Waals surface area contributed by atoms with Crippen molar-refractivity contribution in [2.24, 2.45) is 0 Å². The van der Waals surface area contributed by atoms with E-state index in [0.717, 1.165) is 0 Å². The summed E-state index contributed by atoms with van der Waals surface area (Å²) in [7, 11) is 0. The van der Waals surface area contributed by atoms with Crippen molar-refractivity contribution in [3.8, 4) is 0 Å². The number of nitrogens with zero attached hydrogens (tertiary/aromatic N) is 1. The summed E-state index contributed by atoms with van der Waals surface area (Å²) < 4.78 is 5.32. The minimum absolute atomic E-state index is 0.0209. The molecule has 86 valence electrons.